The Labute approximate surface area is 120 Å². The van der Waals surface area contributed by atoms with Crippen molar-refractivity contribution < 1.29 is 9.47 Å². The van der Waals surface area contributed by atoms with E-state index in [4.69, 9.17) is 15.3 Å². The lowest BCUT2D eigenvalue weighted by molar-refractivity contribution is 0.370. The Morgan fingerprint density at radius 1 is 1.10 bits per heavy atom. The number of rotatable bonds is 4. The highest BCUT2D eigenvalue weighted by Crippen LogP contribution is 2.35. The summed E-state index contributed by atoms with van der Waals surface area (Å²) in [5, 5.41) is 0.878. The summed E-state index contributed by atoms with van der Waals surface area (Å²) in [6.07, 6.45) is 3.07. The van der Waals surface area contributed by atoms with Gasteiger partial charge >= 0.3 is 0 Å². The maximum atomic E-state index is 5.84. The number of hydrogen-bond donors (Lipinski definition) is 2. The summed E-state index contributed by atoms with van der Waals surface area (Å²) >= 11 is 0. The first-order valence-electron chi connectivity index (χ1n) is 6.20. The number of nitrogen functional groups attached to an aromatic ring is 1. The summed E-state index contributed by atoms with van der Waals surface area (Å²) in [6, 6.07) is 9.38. The maximum Gasteiger partial charge on any atom is 0.268 e. The lowest BCUT2D eigenvalue weighted by Crippen LogP contribution is -2.11. The molecule has 0 atom stereocenters. The van der Waals surface area contributed by atoms with Crippen LogP contribution < -0.4 is 20.7 Å². The molecule has 2 aromatic heterocycles. The van der Waals surface area contributed by atoms with E-state index in [1.165, 1.54) is 13.4 Å². The fourth-order valence-electron chi connectivity index (χ4n) is 1.99. The first-order valence-corrected chi connectivity index (χ1v) is 6.20. The van der Waals surface area contributed by atoms with Crippen LogP contribution in [-0.4, -0.2) is 22.1 Å². The minimum atomic E-state index is 0.275. The molecule has 0 bridgehead atoms. The van der Waals surface area contributed by atoms with E-state index in [9.17, 15) is 0 Å². The van der Waals surface area contributed by atoms with Crippen molar-refractivity contribution in [2.45, 2.75) is 0 Å². The van der Waals surface area contributed by atoms with E-state index in [1.54, 1.807) is 6.20 Å². The average Bonchev–Trinajstić information content (AvgIpc) is 2.55. The number of pyridine rings is 1. The van der Waals surface area contributed by atoms with Crippen LogP contribution in [-0.2, 0) is 0 Å². The molecule has 0 saturated carbocycles. The van der Waals surface area contributed by atoms with Crippen molar-refractivity contribution in [3.05, 3.63) is 42.9 Å². The van der Waals surface area contributed by atoms with E-state index in [2.05, 4.69) is 20.4 Å². The molecule has 0 aliphatic heterocycles. The number of nitrogens with zero attached hydrogens (tertiary/aromatic N) is 3. The fraction of sp³-hybridized carbons (Fsp3) is 0.0714. The minimum Gasteiger partial charge on any atom is -0.489 e. The zero-order valence-electron chi connectivity index (χ0n) is 11.3. The number of fused-ring (bicyclic) bond motifs is 1. The lowest BCUT2D eigenvalue weighted by atomic mass is 10.2. The summed E-state index contributed by atoms with van der Waals surface area (Å²) in [7, 11) is 1.50. The molecule has 0 unspecified atom stereocenters. The van der Waals surface area contributed by atoms with Gasteiger partial charge < -0.3 is 14.9 Å². The van der Waals surface area contributed by atoms with Gasteiger partial charge in [0.1, 0.15) is 12.1 Å². The molecule has 21 heavy (non-hydrogen) atoms. The molecule has 0 aliphatic rings. The predicted molar refractivity (Wildman–Crippen MR) is 78.2 cm³/mol. The second kappa shape index (κ2) is 5.59. The summed E-state index contributed by atoms with van der Waals surface area (Å²) < 4.78 is 11.1. The summed E-state index contributed by atoms with van der Waals surface area (Å²) in [5.74, 6) is 6.98. The Bertz CT molecular complexity index is 773. The summed E-state index contributed by atoms with van der Waals surface area (Å²) in [6.45, 7) is 0. The van der Waals surface area contributed by atoms with Crippen molar-refractivity contribution in [1.82, 2.24) is 15.0 Å². The Kier molecular flexibility index (Phi) is 3.48. The van der Waals surface area contributed by atoms with E-state index in [0.29, 0.717) is 17.3 Å². The fourth-order valence-corrected chi connectivity index (χ4v) is 1.99. The molecule has 1 aromatic carbocycles. The Hall–Kier alpha value is -2.93. The molecule has 106 valence electrons. The molecule has 2 heterocycles. The quantitative estimate of drug-likeness (QED) is 0.559. The van der Waals surface area contributed by atoms with Crippen LogP contribution >= 0.6 is 0 Å². The van der Waals surface area contributed by atoms with Crippen molar-refractivity contribution >= 4 is 16.7 Å². The number of hydrazine groups is 1. The van der Waals surface area contributed by atoms with Gasteiger partial charge in [0.2, 0.25) is 5.75 Å². The number of anilines is 1. The Morgan fingerprint density at radius 2 is 2.00 bits per heavy atom. The first-order chi connectivity index (χ1) is 10.3. The van der Waals surface area contributed by atoms with Gasteiger partial charge in [-0.3, -0.25) is 4.98 Å². The van der Waals surface area contributed by atoms with Crippen LogP contribution in [0.2, 0.25) is 0 Å². The third-order valence-corrected chi connectivity index (χ3v) is 2.92. The van der Waals surface area contributed by atoms with Crippen LogP contribution in [0.1, 0.15) is 0 Å². The van der Waals surface area contributed by atoms with E-state index in [0.717, 1.165) is 10.9 Å². The van der Waals surface area contributed by atoms with Crippen molar-refractivity contribution in [3.63, 3.8) is 0 Å². The monoisotopic (exact) mass is 283 g/mol. The third-order valence-electron chi connectivity index (χ3n) is 2.92. The van der Waals surface area contributed by atoms with Crippen molar-refractivity contribution in [2.24, 2.45) is 5.84 Å². The van der Waals surface area contributed by atoms with Gasteiger partial charge in [0.25, 0.3) is 5.88 Å². The topological polar surface area (TPSA) is 95.2 Å². The molecule has 3 aromatic rings. The smallest absolute Gasteiger partial charge is 0.268 e. The normalized spacial score (nSPS) is 10.4. The zero-order chi connectivity index (χ0) is 14.7. The highest BCUT2D eigenvalue weighted by atomic mass is 16.5. The number of methoxy groups -OCH3 is 1. The van der Waals surface area contributed by atoms with Gasteiger partial charge in [-0.2, -0.15) is 4.98 Å². The second-order valence-electron chi connectivity index (χ2n) is 4.13. The number of nitrogens with two attached hydrogens (primary N) is 1. The van der Waals surface area contributed by atoms with Gasteiger partial charge in [0.05, 0.1) is 12.6 Å². The SMILES string of the molecule is COc1c(NN)ncnc1Oc1cccc2ncccc12. The van der Waals surface area contributed by atoms with Crippen molar-refractivity contribution in [2.75, 3.05) is 12.5 Å². The summed E-state index contributed by atoms with van der Waals surface area (Å²) in [5.41, 5.74) is 3.27. The first kappa shape index (κ1) is 13.1. The van der Waals surface area contributed by atoms with E-state index in [-0.39, 0.29) is 5.88 Å². The van der Waals surface area contributed by atoms with E-state index in [1.807, 2.05) is 30.3 Å². The molecular formula is C14H13N5O2. The standard InChI is InChI=1S/C14H13N5O2/c1-20-12-13(19-15)17-8-18-14(12)21-11-6-2-5-10-9(11)4-3-7-16-10/h2-8H,15H2,1H3,(H,17,18,19). The molecule has 0 spiro atoms. The zero-order valence-corrected chi connectivity index (χ0v) is 11.3. The van der Waals surface area contributed by atoms with E-state index < -0.39 is 0 Å². The molecule has 0 amide bonds. The van der Waals surface area contributed by atoms with Gasteiger partial charge in [-0.25, -0.2) is 10.8 Å². The largest absolute Gasteiger partial charge is 0.489 e. The Balaban J connectivity index is 2.07. The number of ether oxygens (including phenoxy) is 2. The predicted octanol–water partition coefficient (Wildman–Crippen LogP) is 2.11. The van der Waals surface area contributed by atoms with Crippen LogP contribution in [0.4, 0.5) is 5.82 Å². The third kappa shape index (κ3) is 2.41. The number of benzene rings is 1. The summed E-state index contributed by atoms with van der Waals surface area (Å²) in [4.78, 5) is 12.3. The lowest BCUT2D eigenvalue weighted by Gasteiger charge is -2.12. The van der Waals surface area contributed by atoms with Crippen LogP contribution in [0.15, 0.2) is 42.9 Å². The van der Waals surface area contributed by atoms with Gasteiger partial charge in [-0.1, -0.05) is 6.07 Å². The molecule has 0 radical (unpaired) electrons. The van der Waals surface area contributed by atoms with Gasteiger partial charge in [0, 0.05) is 11.6 Å². The highest BCUT2D eigenvalue weighted by molar-refractivity contribution is 5.85. The number of aromatic nitrogens is 3. The molecule has 0 aliphatic carbocycles. The van der Waals surface area contributed by atoms with Gasteiger partial charge in [-0.05, 0) is 24.3 Å². The minimum absolute atomic E-state index is 0.275. The van der Waals surface area contributed by atoms with Crippen LogP contribution in [0.5, 0.6) is 17.4 Å². The molecule has 7 nitrogen and oxygen atoms in total. The molecule has 0 saturated heterocycles. The van der Waals surface area contributed by atoms with Crippen LogP contribution in [0.3, 0.4) is 0 Å². The molecule has 3 rings (SSSR count). The molecule has 3 N–H and O–H groups in total. The van der Waals surface area contributed by atoms with E-state index >= 15 is 0 Å². The molecule has 7 heteroatoms. The van der Waals surface area contributed by atoms with Crippen LogP contribution in [0, 0.1) is 0 Å². The highest BCUT2D eigenvalue weighted by Gasteiger charge is 2.14. The average molecular weight is 283 g/mol. The van der Waals surface area contributed by atoms with Crippen molar-refractivity contribution in [1.29, 1.82) is 0 Å². The second-order valence-corrected chi connectivity index (χ2v) is 4.13. The van der Waals surface area contributed by atoms with Crippen molar-refractivity contribution in [3.8, 4) is 17.4 Å². The van der Waals surface area contributed by atoms with Gasteiger partial charge in [-0.15, -0.1) is 0 Å². The maximum absolute atomic E-state index is 5.84. The number of nitrogens with one attached hydrogen (secondary N) is 1. The Morgan fingerprint density at radius 3 is 2.81 bits per heavy atom. The van der Waals surface area contributed by atoms with Crippen LogP contribution in [0.25, 0.3) is 10.9 Å². The molecular weight excluding hydrogens is 270 g/mol. The van der Waals surface area contributed by atoms with Gasteiger partial charge in [0.15, 0.2) is 5.82 Å². The molecule has 0 fully saturated rings. The number of hydrogen-bond acceptors (Lipinski definition) is 7.